The Morgan fingerprint density at radius 1 is 1.33 bits per heavy atom. The van der Waals surface area contributed by atoms with Gasteiger partial charge in [-0.15, -0.1) is 0 Å². The Morgan fingerprint density at radius 3 is 2.94 bits per heavy atom. The van der Waals surface area contributed by atoms with Gasteiger partial charge in [0, 0.05) is 29.7 Å². The van der Waals surface area contributed by atoms with E-state index in [9.17, 15) is 0 Å². The smallest absolute Gasteiger partial charge is 0.0457 e. The number of benzene rings is 1. The van der Waals surface area contributed by atoms with Gasteiger partial charge in [-0.2, -0.15) is 0 Å². The number of hydrogen-bond donors (Lipinski definition) is 2. The molecule has 1 aliphatic rings. The van der Waals surface area contributed by atoms with Crippen LogP contribution in [-0.2, 0) is 6.54 Å². The maximum absolute atomic E-state index is 3.71. The molecule has 2 aromatic rings. The molecule has 1 aromatic carbocycles. The van der Waals surface area contributed by atoms with Crippen molar-refractivity contribution in [2.75, 3.05) is 0 Å². The fourth-order valence-electron chi connectivity index (χ4n) is 3.14. The summed E-state index contributed by atoms with van der Waals surface area (Å²) in [5, 5.41) is 5.06. The first-order chi connectivity index (χ1) is 8.64. The Kier molecular flexibility index (Phi) is 2.90. The van der Waals surface area contributed by atoms with Gasteiger partial charge in [-0.1, -0.05) is 32.0 Å². The molecule has 1 fully saturated rings. The van der Waals surface area contributed by atoms with Crippen LogP contribution in [0.5, 0.6) is 0 Å². The maximum Gasteiger partial charge on any atom is 0.0457 e. The summed E-state index contributed by atoms with van der Waals surface area (Å²) in [7, 11) is 0. The van der Waals surface area contributed by atoms with Crippen LogP contribution in [0.4, 0.5) is 0 Å². The predicted octanol–water partition coefficient (Wildman–Crippen LogP) is 3.84. The largest absolute Gasteiger partial charge is 0.361 e. The molecule has 0 bridgehead atoms. The summed E-state index contributed by atoms with van der Waals surface area (Å²) in [6, 6.07) is 9.21. The molecule has 1 aromatic heterocycles. The van der Waals surface area contributed by atoms with Crippen LogP contribution in [0.3, 0.4) is 0 Å². The number of H-pyrrole nitrogens is 1. The number of hydrogen-bond acceptors (Lipinski definition) is 1. The summed E-state index contributed by atoms with van der Waals surface area (Å²) in [5.74, 6) is 0. The Balaban J connectivity index is 1.67. The summed E-state index contributed by atoms with van der Waals surface area (Å²) in [6.45, 7) is 5.73. The Hall–Kier alpha value is -1.28. The fraction of sp³-hybridized carbons (Fsp3) is 0.500. The van der Waals surface area contributed by atoms with Crippen molar-refractivity contribution in [3.8, 4) is 0 Å². The van der Waals surface area contributed by atoms with Gasteiger partial charge < -0.3 is 10.3 Å². The molecule has 2 N–H and O–H groups in total. The lowest BCUT2D eigenvalue weighted by atomic mass is 9.92. The standard InChI is InChI=1S/C16H22N2/c1-16(2)8-7-13(9-16)17-10-12-11-18-15-6-4-3-5-14(12)15/h3-6,11,13,17-18H,7-10H2,1-2H3. The zero-order chi connectivity index (χ0) is 12.6. The van der Waals surface area contributed by atoms with E-state index in [4.69, 9.17) is 0 Å². The second-order valence-corrected chi connectivity index (χ2v) is 6.34. The van der Waals surface area contributed by atoms with Crippen molar-refractivity contribution >= 4 is 10.9 Å². The highest BCUT2D eigenvalue weighted by atomic mass is 14.9. The van der Waals surface area contributed by atoms with Gasteiger partial charge in [0.2, 0.25) is 0 Å². The van der Waals surface area contributed by atoms with E-state index >= 15 is 0 Å². The van der Waals surface area contributed by atoms with Gasteiger partial charge in [0.15, 0.2) is 0 Å². The molecule has 3 rings (SSSR count). The van der Waals surface area contributed by atoms with Gasteiger partial charge >= 0.3 is 0 Å². The molecule has 2 heteroatoms. The number of aromatic amines is 1. The fourth-order valence-corrected chi connectivity index (χ4v) is 3.14. The van der Waals surface area contributed by atoms with Crippen molar-refractivity contribution in [3.05, 3.63) is 36.0 Å². The van der Waals surface area contributed by atoms with Crippen molar-refractivity contribution in [1.82, 2.24) is 10.3 Å². The molecule has 0 saturated heterocycles. The lowest BCUT2D eigenvalue weighted by Gasteiger charge is -2.17. The molecule has 1 aliphatic carbocycles. The number of fused-ring (bicyclic) bond motifs is 1. The first-order valence-corrected chi connectivity index (χ1v) is 6.92. The average Bonchev–Trinajstić information content (AvgIpc) is 2.90. The molecule has 0 amide bonds. The molecule has 18 heavy (non-hydrogen) atoms. The van der Waals surface area contributed by atoms with Gasteiger partial charge in [0.1, 0.15) is 0 Å². The highest BCUT2D eigenvalue weighted by molar-refractivity contribution is 5.82. The van der Waals surface area contributed by atoms with Crippen LogP contribution in [0.1, 0.15) is 38.7 Å². The van der Waals surface area contributed by atoms with E-state index in [1.807, 2.05) is 0 Å². The third-order valence-electron chi connectivity index (χ3n) is 4.22. The number of rotatable bonds is 3. The molecule has 1 atom stereocenters. The minimum absolute atomic E-state index is 0.526. The topological polar surface area (TPSA) is 27.8 Å². The van der Waals surface area contributed by atoms with Gasteiger partial charge in [-0.3, -0.25) is 0 Å². The van der Waals surface area contributed by atoms with Gasteiger partial charge in [-0.05, 0) is 36.3 Å². The molecule has 0 aliphatic heterocycles. The maximum atomic E-state index is 3.71. The molecule has 2 nitrogen and oxygen atoms in total. The van der Waals surface area contributed by atoms with E-state index in [2.05, 4.69) is 54.6 Å². The molecule has 1 saturated carbocycles. The molecular formula is C16H22N2. The Labute approximate surface area is 109 Å². The highest BCUT2D eigenvalue weighted by Crippen LogP contribution is 2.37. The summed E-state index contributed by atoms with van der Waals surface area (Å²) in [6.07, 6.45) is 6.10. The van der Waals surface area contributed by atoms with E-state index in [1.165, 1.54) is 35.7 Å². The highest BCUT2D eigenvalue weighted by Gasteiger charge is 2.30. The number of aromatic nitrogens is 1. The zero-order valence-corrected chi connectivity index (χ0v) is 11.3. The zero-order valence-electron chi connectivity index (χ0n) is 11.3. The SMILES string of the molecule is CC1(C)CCC(NCc2c[nH]c3ccccc23)C1. The minimum atomic E-state index is 0.526. The monoisotopic (exact) mass is 242 g/mol. The normalized spacial score (nSPS) is 22.7. The molecule has 0 radical (unpaired) electrons. The van der Waals surface area contributed by atoms with Crippen LogP contribution >= 0.6 is 0 Å². The van der Waals surface area contributed by atoms with E-state index in [0.717, 1.165) is 6.54 Å². The second kappa shape index (κ2) is 4.43. The Bertz CT molecular complexity index is 539. The number of nitrogens with one attached hydrogen (secondary N) is 2. The van der Waals surface area contributed by atoms with Crippen LogP contribution in [0.25, 0.3) is 10.9 Å². The van der Waals surface area contributed by atoms with Crippen LogP contribution in [0.2, 0.25) is 0 Å². The summed E-state index contributed by atoms with van der Waals surface area (Å²) in [5.41, 5.74) is 3.15. The van der Waals surface area contributed by atoms with Crippen molar-refractivity contribution in [3.63, 3.8) is 0 Å². The molecule has 96 valence electrons. The van der Waals surface area contributed by atoms with Crippen molar-refractivity contribution in [2.24, 2.45) is 5.41 Å². The third kappa shape index (κ3) is 2.30. The van der Waals surface area contributed by atoms with Crippen LogP contribution < -0.4 is 5.32 Å². The summed E-state index contributed by atoms with van der Waals surface area (Å²) < 4.78 is 0. The first-order valence-electron chi connectivity index (χ1n) is 6.92. The molecule has 1 unspecified atom stereocenters. The predicted molar refractivity (Wildman–Crippen MR) is 76.6 cm³/mol. The number of para-hydroxylation sites is 1. The Morgan fingerprint density at radius 2 is 2.17 bits per heavy atom. The van der Waals surface area contributed by atoms with Gasteiger partial charge in [-0.25, -0.2) is 0 Å². The van der Waals surface area contributed by atoms with E-state index in [1.54, 1.807) is 0 Å². The van der Waals surface area contributed by atoms with Crippen LogP contribution in [0, 0.1) is 5.41 Å². The summed E-state index contributed by atoms with van der Waals surface area (Å²) in [4.78, 5) is 3.34. The van der Waals surface area contributed by atoms with Gasteiger partial charge in [0.25, 0.3) is 0 Å². The van der Waals surface area contributed by atoms with E-state index < -0.39 is 0 Å². The second-order valence-electron chi connectivity index (χ2n) is 6.34. The van der Waals surface area contributed by atoms with Crippen molar-refractivity contribution in [1.29, 1.82) is 0 Å². The van der Waals surface area contributed by atoms with Crippen LogP contribution in [0.15, 0.2) is 30.5 Å². The quantitative estimate of drug-likeness (QED) is 0.841. The van der Waals surface area contributed by atoms with Crippen molar-refractivity contribution in [2.45, 2.75) is 45.7 Å². The molecule has 1 heterocycles. The molecule has 0 spiro atoms. The average molecular weight is 242 g/mol. The minimum Gasteiger partial charge on any atom is -0.361 e. The van der Waals surface area contributed by atoms with E-state index in [-0.39, 0.29) is 0 Å². The van der Waals surface area contributed by atoms with Crippen LogP contribution in [-0.4, -0.2) is 11.0 Å². The van der Waals surface area contributed by atoms with E-state index in [0.29, 0.717) is 11.5 Å². The summed E-state index contributed by atoms with van der Waals surface area (Å²) >= 11 is 0. The molecular weight excluding hydrogens is 220 g/mol. The lowest BCUT2D eigenvalue weighted by Crippen LogP contribution is -2.26. The third-order valence-corrected chi connectivity index (χ3v) is 4.22. The lowest BCUT2D eigenvalue weighted by molar-refractivity contribution is 0.364. The van der Waals surface area contributed by atoms with Gasteiger partial charge in [0.05, 0.1) is 0 Å². The van der Waals surface area contributed by atoms with Crippen molar-refractivity contribution < 1.29 is 0 Å². The first kappa shape index (κ1) is 11.8.